The summed E-state index contributed by atoms with van der Waals surface area (Å²) >= 11 is 0. The molecule has 120 valence electrons. The minimum Gasteiger partial charge on any atom is -0.493 e. The average Bonchev–Trinajstić information content (AvgIpc) is 2.54. The maximum atomic E-state index is 12.7. The van der Waals surface area contributed by atoms with E-state index in [9.17, 15) is 13.2 Å². The molecule has 0 aliphatic carbocycles. The Balaban J connectivity index is 1.87. The molecule has 2 heterocycles. The molecule has 1 N–H and O–H groups in total. The van der Waals surface area contributed by atoms with Crippen LogP contribution >= 0.6 is 0 Å². The van der Waals surface area contributed by atoms with Crippen LogP contribution in [0.1, 0.15) is 24.8 Å². The molecule has 0 spiro atoms. The lowest BCUT2D eigenvalue weighted by Gasteiger charge is -2.30. The van der Waals surface area contributed by atoms with Gasteiger partial charge in [0.2, 0.25) is 10.0 Å². The molecule has 0 bridgehead atoms. The fourth-order valence-electron chi connectivity index (χ4n) is 3.01. The number of rotatable bonds is 3. The Labute approximate surface area is 129 Å². The van der Waals surface area contributed by atoms with Gasteiger partial charge >= 0.3 is 5.97 Å². The molecule has 3 rings (SSSR count). The lowest BCUT2D eigenvalue weighted by molar-refractivity contribution is -0.142. The number of fused-ring (bicyclic) bond motifs is 1. The van der Waals surface area contributed by atoms with Crippen LogP contribution < -0.4 is 4.74 Å². The number of aryl methyl sites for hydroxylation is 1. The van der Waals surface area contributed by atoms with Crippen LogP contribution in [-0.4, -0.2) is 43.5 Å². The normalized spacial score (nSPS) is 22.6. The van der Waals surface area contributed by atoms with Crippen molar-refractivity contribution in [1.29, 1.82) is 0 Å². The Morgan fingerprint density at radius 1 is 1.32 bits per heavy atom. The van der Waals surface area contributed by atoms with Crippen molar-refractivity contribution >= 4 is 16.0 Å². The summed E-state index contributed by atoms with van der Waals surface area (Å²) in [4.78, 5) is 11.3. The minimum atomic E-state index is -3.65. The largest absolute Gasteiger partial charge is 0.493 e. The molecule has 0 aromatic heterocycles. The van der Waals surface area contributed by atoms with Gasteiger partial charge in [-0.25, -0.2) is 8.42 Å². The third kappa shape index (κ3) is 2.83. The number of hydrogen-bond acceptors (Lipinski definition) is 4. The van der Waals surface area contributed by atoms with Gasteiger partial charge < -0.3 is 9.84 Å². The number of ether oxygens (including phenoxy) is 1. The van der Waals surface area contributed by atoms with E-state index in [1.54, 1.807) is 18.2 Å². The van der Waals surface area contributed by atoms with E-state index in [1.165, 1.54) is 4.31 Å². The Morgan fingerprint density at radius 2 is 2.14 bits per heavy atom. The van der Waals surface area contributed by atoms with E-state index in [4.69, 9.17) is 9.84 Å². The molecule has 7 heteroatoms. The first-order valence-electron chi connectivity index (χ1n) is 7.47. The van der Waals surface area contributed by atoms with Crippen molar-refractivity contribution in [3.8, 4) is 5.75 Å². The molecular formula is C15H19NO5S. The van der Waals surface area contributed by atoms with Crippen LogP contribution in [-0.2, 0) is 21.2 Å². The average molecular weight is 325 g/mol. The number of piperidine rings is 1. The predicted octanol–water partition coefficient (Wildman–Crippen LogP) is 1.50. The van der Waals surface area contributed by atoms with Gasteiger partial charge in [0.05, 0.1) is 17.4 Å². The molecule has 2 aliphatic rings. The standard InChI is InChI=1S/C15H19NO5S/c17-15(18)12-3-1-7-16(10-12)22(19,20)13-5-6-14-11(9-13)4-2-8-21-14/h5-6,9,12H,1-4,7-8,10H2,(H,17,18). The van der Waals surface area contributed by atoms with Crippen molar-refractivity contribution in [2.24, 2.45) is 5.92 Å². The van der Waals surface area contributed by atoms with Crippen LogP contribution in [0, 0.1) is 5.92 Å². The monoisotopic (exact) mass is 325 g/mol. The summed E-state index contributed by atoms with van der Waals surface area (Å²) < 4.78 is 32.3. The molecule has 1 aromatic rings. The van der Waals surface area contributed by atoms with Gasteiger partial charge in [-0.1, -0.05) is 0 Å². The highest BCUT2D eigenvalue weighted by Crippen LogP contribution is 2.30. The molecule has 0 radical (unpaired) electrons. The van der Waals surface area contributed by atoms with E-state index in [0.717, 1.165) is 24.2 Å². The van der Waals surface area contributed by atoms with Crippen LogP contribution in [0.3, 0.4) is 0 Å². The van der Waals surface area contributed by atoms with Gasteiger partial charge in [0, 0.05) is 13.1 Å². The number of nitrogens with zero attached hydrogens (tertiary/aromatic N) is 1. The van der Waals surface area contributed by atoms with Crippen LogP contribution in [0.2, 0.25) is 0 Å². The smallest absolute Gasteiger partial charge is 0.307 e. The summed E-state index contributed by atoms with van der Waals surface area (Å²) in [6, 6.07) is 4.90. The molecule has 1 fully saturated rings. The van der Waals surface area contributed by atoms with Crippen molar-refractivity contribution in [2.45, 2.75) is 30.6 Å². The second-order valence-electron chi connectivity index (χ2n) is 5.76. The van der Waals surface area contributed by atoms with Crippen molar-refractivity contribution in [3.63, 3.8) is 0 Å². The number of carboxylic acids is 1. The summed E-state index contributed by atoms with van der Waals surface area (Å²) in [6.45, 7) is 1.08. The van der Waals surface area contributed by atoms with Gasteiger partial charge in [0.25, 0.3) is 0 Å². The zero-order valence-electron chi connectivity index (χ0n) is 12.2. The second-order valence-corrected chi connectivity index (χ2v) is 7.70. The fourth-order valence-corrected chi connectivity index (χ4v) is 4.58. The van der Waals surface area contributed by atoms with Crippen molar-refractivity contribution in [2.75, 3.05) is 19.7 Å². The highest BCUT2D eigenvalue weighted by atomic mass is 32.2. The van der Waals surface area contributed by atoms with Gasteiger partial charge in [-0.15, -0.1) is 0 Å². The van der Waals surface area contributed by atoms with Gasteiger partial charge in [-0.3, -0.25) is 4.79 Å². The van der Waals surface area contributed by atoms with Crippen molar-refractivity contribution in [1.82, 2.24) is 4.31 Å². The van der Waals surface area contributed by atoms with E-state index in [2.05, 4.69) is 0 Å². The van der Waals surface area contributed by atoms with Gasteiger partial charge in [0.15, 0.2) is 0 Å². The van der Waals surface area contributed by atoms with Crippen LogP contribution in [0.5, 0.6) is 5.75 Å². The van der Waals surface area contributed by atoms with E-state index in [1.807, 2.05) is 0 Å². The SMILES string of the molecule is O=C(O)C1CCCN(S(=O)(=O)c2ccc3c(c2)CCCO3)C1. The molecule has 0 amide bonds. The van der Waals surface area contributed by atoms with Crippen LogP contribution in [0.25, 0.3) is 0 Å². The predicted molar refractivity (Wildman–Crippen MR) is 79.4 cm³/mol. The molecule has 22 heavy (non-hydrogen) atoms. The second kappa shape index (κ2) is 5.89. The summed E-state index contributed by atoms with van der Waals surface area (Å²) in [6.07, 6.45) is 2.78. The first kappa shape index (κ1) is 15.3. The lowest BCUT2D eigenvalue weighted by Crippen LogP contribution is -2.42. The molecule has 1 atom stereocenters. The zero-order valence-corrected chi connectivity index (χ0v) is 13.0. The maximum Gasteiger partial charge on any atom is 0.307 e. The Bertz CT molecular complexity index is 685. The Hall–Kier alpha value is -1.60. The van der Waals surface area contributed by atoms with Gasteiger partial charge in [0.1, 0.15) is 5.75 Å². The third-order valence-corrected chi connectivity index (χ3v) is 6.11. The van der Waals surface area contributed by atoms with Crippen LogP contribution in [0.15, 0.2) is 23.1 Å². The van der Waals surface area contributed by atoms with Crippen LogP contribution in [0.4, 0.5) is 0 Å². The Kier molecular flexibility index (Phi) is 4.10. The molecule has 2 aliphatic heterocycles. The van der Waals surface area contributed by atoms with E-state index < -0.39 is 21.9 Å². The van der Waals surface area contributed by atoms with Crippen molar-refractivity contribution < 1.29 is 23.1 Å². The van der Waals surface area contributed by atoms with E-state index >= 15 is 0 Å². The molecule has 1 saturated heterocycles. The maximum absolute atomic E-state index is 12.7. The molecule has 1 aromatic carbocycles. The first-order valence-corrected chi connectivity index (χ1v) is 8.91. The summed E-state index contributed by atoms with van der Waals surface area (Å²) in [7, 11) is -3.65. The molecule has 0 saturated carbocycles. The molecule has 1 unspecified atom stereocenters. The fraction of sp³-hybridized carbons (Fsp3) is 0.533. The number of benzene rings is 1. The first-order chi connectivity index (χ1) is 10.5. The highest BCUT2D eigenvalue weighted by Gasteiger charge is 2.33. The quantitative estimate of drug-likeness (QED) is 0.910. The molecular weight excluding hydrogens is 306 g/mol. The van der Waals surface area contributed by atoms with Crippen molar-refractivity contribution in [3.05, 3.63) is 23.8 Å². The number of aliphatic carboxylic acids is 1. The molecule has 6 nitrogen and oxygen atoms in total. The minimum absolute atomic E-state index is 0.0469. The highest BCUT2D eigenvalue weighted by molar-refractivity contribution is 7.89. The Morgan fingerprint density at radius 3 is 2.91 bits per heavy atom. The van der Waals surface area contributed by atoms with E-state index in [-0.39, 0.29) is 11.4 Å². The summed E-state index contributed by atoms with van der Waals surface area (Å²) in [5.74, 6) is -0.810. The number of sulfonamides is 1. The third-order valence-electron chi connectivity index (χ3n) is 4.25. The number of carboxylic acid groups (broad SMARTS) is 1. The topological polar surface area (TPSA) is 83.9 Å². The summed E-state index contributed by atoms with van der Waals surface area (Å²) in [5.41, 5.74) is 0.902. The van der Waals surface area contributed by atoms with Gasteiger partial charge in [-0.05, 0) is 49.4 Å². The van der Waals surface area contributed by atoms with E-state index in [0.29, 0.717) is 26.0 Å². The lowest BCUT2D eigenvalue weighted by atomic mass is 10.0. The van der Waals surface area contributed by atoms with Gasteiger partial charge in [-0.2, -0.15) is 4.31 Å². The zero-order chi connectivity index (χ0) is 15.7. The summed E-state index contributed by atoms with van der Waals surface area (Å²) in [5, 5.41) is 9.11. The number of carbonyl (C=O) groups is 1. The number of hydrogen-bond donors (Lipinski definition) is 1.